The number of carbonyl (C=O) groups is 2. The predicted octanol–water partition coefficient (Wildman–Crippen LogP) is 3.56. The number of hydrogen-bond donors (Lipinski definition) is 0. The van der Waals surface area contributed by atoms with E-state index in [9.17, 15) is 9.59 Å². The first-order valence-electron chi connectivity index (χ1n) is 7.89. The van der Waals surface area contributed by atoms with Crippen molar-refractivity contribution in [3.8, 4) is 23.8 Å². The Morgan fingerprint density at radius 2 is 1.68 bits per heavy atom. The molecule has 0 radical (unpaired) electrons. The van der Waals surface area contributed by atoms with Gasteiger partial charge >= 0.3 is 0 Å². The topological polar surface area (TPSA) is 52.6 Å². The summed E-state index contributed by atoms with van der Waals surface area (Å²) in [6, 6.07) is 12.0. The fraction of sp³-hybridized carbons (Fsp3) is 0.143. The molecule has 1 aliphatic carbocycles. The Kier molecular flexibility index (Phi) is 4.67. The maximum Gasteiger partial charge on any atom is 0.197 e. The molecule has 124 valence electrons. The Labute approximate surface area is 146 Å². The fourth-order valence-corrected chi connectivity index (χ4v) is 2.69. The van der Waals surface area contributed by atoms with Gasteiger partial charge in [0, 0.05) is 11.1 Å². The molecule has 0 atom stereocenters. The van der Waals surface area contributed by atoms with Crippen molar-refractivity contribution in [3.05, 3.63) is 64.7 Å². The third kappa shape index (κ3) is 3.17. The van der Waals surface area contributed by atoms with Crippen LogP contribution in [0, 0.1) is 12.3 Å². The average molecular weight is 332 g/mol. The highest BCUT2D eigenvalue weighted by Crippen LogP contribution is 2.32. The van der Waals surface area contributed by atoms with Crippen molar-refractivity contribution in [3.63, 3.8) is 0 Å². The van der Waals surface area contributed by atoms with Crippen LogP contribution in [0.2, 0.25) is 0 Å². The highest BCUT2D eigenvalue weighted by Gasteiger charge is 2.32. The minimum absolute atomic E-state index is 0.132. The second-order valence-corrected chi connectivity index (χ2v) is 5.39. The molecule has 0 fully saturated rings. The molecule has 0 aromatic heterocycles. The van der Waals surface area contributed by atoms with E-state index in [-0.39, 0.29) is 23.7 Å². The molecule has 0 spiro atoms. The van der Waals surface area contributed by atoms with E-state index < -0.39 is 0 Å². The summed E-state index contributed by atoms with van der Waals surface area (Å²) in [5, 5.41) is 0. The number of carbonyl (C=O) groups excluding carboxylic acids is 2. The molecular weight excluding hydrogens is 316 g/mol. The van der Waals surface area contributed by atoms with Gasteiger partial charge in [-0.05, 0) is 30.7 Å². The summed E-state index contributed by atoms with van der Waals surface area (Å²) in [6.07, 6.45) is 6.79. The quantitative estimate of drug-likeness (QED) is 0.477. The van der Waals surface area contributed by atoms with Gasteiger partial charge < -0.3 is 9.47 Å². The molecule has 4 heteroatoms. The first kappa shape index (κ1) is 16.5. The van der Waals surface area contributed by atoms with Crippen LogP contribution in [0.15, 0.2) is 48.0 Å². The number of allylic oxidation sites excluding steroid dienone is 1. The number of ether oxygens (including phenoxy) is 2. The van der Waals surface area contributed by atoms with Crippen molar-refractivity contribution < 1.29 is 19.1 Å². The Balaban J connectivity index is 1.97. The standard InChI is InChI=1S/C21H16O4/c1-3-11-25-18-10-9-14(13-19(18)24-4-2)12-17-20(22)15-7-5-6-8-16(15)21(17)23/h1,5-10,12-13H,4,11H2,2H3. The second-order valence-electron chi connectivity index (χ2n) is 5.39. The minimum atomic E-state index is -0.258. The third-order valence-corrected chi connectivity index (χ3v) is 3.80. The third-order valence-electron chi connectivity index (χ3n) is 3.80. The highest BCUT2D eigenvalue weighted by atomic mass is 16.5. The number of ketones is 2. The van der Waals surface area contributed by atoms with Gasteiger partial charge in [0.25, 0.3) is 0 Å². The normalized spacial score (nSPS) is 12.6. The summed E-state index contributed by atoms with van der Waals surface area (Å²) in [4.78, 5) is 24.9. The van der Waals surface area contributed by atoms with Gasteiger partial charge in [0.05, 0.1) is 12.2 Å². The number of terminal acetylenes is 1. The van der Waals surface area contributed by atoms with Gasteiger partial charge in [0.2, 0.25) is 0 Å². The van der Waals surface area contributed by atoms with E-state index in [1.54, 1.807) is 48.5 Å². The van der Waals surface area contributed by atoms with Gasteiger partial charge in [0.15, 0.2) is 23.1 Å². The fourth-order valence-electron chi connectivity index (χ4n) is 2.69. The monoisotopic (exact) mass is 332 g/mol. The molecule has 4 nitrogen and oxygen atoms in total. The van der Waals surface area contributed by atoms with E-state index >= 15 is 0 Å². The molecule has 3 rings (SSSR count). The van der Waals surface area contributed by atoms with Crippen molar-refractivity contribution >= 4 is 17.6 Å². The van der Waals surface area contributed by atoms with Crippen LogP contribution in [0.4, 0.5) is 0 Å². The molecule has 0 aliphatic heterocycles. The highest BCUT2D eigenvalue weighted by molar-refractivity contribution is 6.41. The van der Waals surface area contributed by atoms with E-state index in [4.69, 9.17) is 15.9 Å². The van der Waals surface area contributed by atoms with Crippen LogP contribution in [-0.4, -0.2) is 24.8 Å². The van der Waals surface area contributed by atoms with Crippen LogP contribution in [0.3, 0.4) is 0 Å². The lowest BCUT2D eigenvalue weighted by molar-refractivity contribution is 0.0990. The number of hydrogen-bond acceptors (Lipinski definition) is 4. The Morgan fingerprint density at radius 3 is 2.28 bits per heavy atom. The lowest BCUT2D eigenvalue weighted by atomic mass is 10.1. The van der Waals surface area contributed by atoms with Crippen LogP contribution in [0.25, 0.3) is 6.08 Å². The van der Waals surface area contributed by atoms with Gasteiger partial charge in [-0.2, -0.15) is 0 Å². The zero-order chi connectivity index (χ0) is 17.8. The molecule has 0 unspecified atom stereocenters. The average Bonchev–Trinajstić information content (AvgIpc) is 2.87. The SMILES string of the molecule is C#CCOc1ccc(C=C2C(=O)c3ccccc3C2=O)cc1OCC. The minimum Gasteiger partial charge on any atom is -0.490 e. The van der Waals surface area contributed by atoms with Crippen LogP contribution < -0.4 is 9.47 Å². The van der Waals surface area contributed by atoms with Gasteiger partial charge in [-0.1, -0.05) is 36.3 Å². The second kappa shape index (κ2) is 7.06. The summed E-state index contributed by atoms with van der Waals surface area (Å²) < 4.78 is 11.0. The zero-order valence-electron chi connectivity index (χ0n) is 13.7. The summed E-state index contributed by atoms with van der Waals surface area (Å²) >= 11 is 0. The maximum absolute atomic E-state index is 12.5. The van der Waals surface area contributed by atoms with Crippen LogP contribution >= 0.6 is 0 Å². The van der Waals surface area contributed by atoms with Crippen molar-refractivity contribution in [1.29, 1.82) is 0 Å². The number of Topliss-reactive ketones (excluding diaryl/α,β-unsaturated/α-hetero) is 2. The van der Waals surface area contributed by atoms with E-state index in [0.29, 0.717) is 34.8 Å². The molecule has 25 heavy (non-hydrogen) atoms. The van der Waals surface area contributed by atoms with E-state index in [1.807, 2.05) is 6.92 Å². The maximum atomic E-state index is 12.5. The Morgan fingerprint density at radius 1 is 1.00 bits per heavy atom. The van der Waals surface area contributed by atoms with Crippen molar-refractivity contribution in [2.75, 3.05) is 13.2 Å². The van der Waals surface area contributed by atoms with Crippen LogP contribution in [0.5, 0.6) is 11.5 Å². The lowest BCUT2D eigenvalue weighted by Gasteiger charge is -2.11. The Bertz CT molecular complexity index is 879. The number of fused-ring (bicyclic) bond motifs is 1. The van der Waals surface area contributed by atoms with Crippen LogP contribution in [-0.2, 0) is 0 Å². The lowest BCUT2D eigenvalue weighted by Crippen LogP contribution is -2.01. The first-order valence-corrected chi connectivity index (χ1v) is 7.89. The molecule has 1 aliphatic rings. The van der Waals surface area contributed by atoms with Crippen molar-refractivity contribution in [1.82, 2.24) is 0 Å². The van der Waals surface area contributed by atoms with Crippen molar-refractivity contribution in [2.24, 2.45) is 0 Å². The summed E-state index contributed by atoms with van der Waals surface area (Å²) in [7, 11) is 0. The molecular formula is C21H16O4. The van der Waals surface area contributed by atoms with Gasteiger partial charge in [-0.25, -0.2) is 0 Å². The van der Waals surface area contributed by atoms with E-state index in [0.717, 1.165) is 0 Å². The molecule has 0 N–H and O–H groups in total. The van der Waals surface area contributed by atoms with E-state index in [1.165, 1.54) is 0 Å². The zero-order valence-corrected chi connectivity index (χ0v) is 13.7. The number of rotatable bonds is 5. The van der Waals surface area contributed by atoms with E-state index in [2.05, 4.69) is 5.92 Å². The Hall–Kier alpha value is -3.32. The van der Waals surface area contributed by atoms with Gasteiger partial charge in [0.1, 0.15) is 6.61 Å². The molecule has 0 amide bonds. The van der Waals surface area contributed by atoms with Gasteiger partial charge in [-0.15, -0.1) is 6.42 Å². The molecule has 0 heterocycles. The summed E-state index contributed by atoms with van der Waals surface area (Å²) in [6.45, 7) is 2.44. The first-order chi connectivity index (χ1) is 12.2. The molecule has 2 aromatic carbocycles. The summed E-state index contributed by atoms with van der Waals surface area (Å²) in [5.74, 6) is 2.92. The summed E-state index contributed by atoms with van der Waals surface area (Å²) in [5.41, 5.74) is 1.72. The largest absolute Gasteiger partial charge is 0.490 e. The predicted molar refractivity (Wildman–Crippen MR) is 95.0 cm³/mol. The molecule has 2 aromatic rings. The molecule has 0 saturated carbocycles. The van der Waals surface area contributed by atoms with Crippen molar-refractivity contribution in [2.45, 2.75) is 6.92 Å². The number of benzene rings is 2. The molecule has 0 bridgehead atoms. The smallest absolute Gasteiger partial charge is 0.197 e. The molecule has 0 saturated heterocycles. The van der Waals surface area contributed by atoms with Gasteiger partial charge in [-0.3, -0.25) is 9.59 Å². The van der Waals surface area contributed by atoms with Crippen LogP contribution in [0.1, 0.15) is 33.2 Å².